The van der Waals surface area contributed by atoms with Gasteiger partial charge in [-0.2, -0.15) is 5.10 Å². The molecule has 0 saturated heterocycles. The van der Waals surface area contributed by atoms with Crippen LogP contribution in [-0.2, 0) is 6.54 Å². The van der Waals surface area contributed by atoms with Crippen molar-refractivity contribution in [2.75, 3.05) is 14.1 Å². The summed E-state index contributed by atoms with van der Waals surface area (Å²) < 4.78 is 1.91. The minimum Gasteiger partial charge on any atom is -0.339 e. The quantitative estimate of drug-likeness (QED) is 0.809. The summed E-state index contributed by atoms with van der Waals surface area (Å²) >= 11 is 1.25. The van der Waals surface area contributed by atoms with Crippen LogP contribution in [0.25, 0.3) is 11.3 Å². The van der Waals surface area contributed by atoms with E-state index < -0.39 is 0 Å². The average molecular weight is 289 g/mol. The van der Waals surface area contributed by atoms with Crippen LogP contribution < -0.4 is 0 Å². The van der Waals surface area contributed by atoms with Gasteiger partial charge >= 0.3 is 0 Å². The van der Waals surface area contributed by atoms with Crippen LogP contribution in [0.15, 0.2) is 35.4 Å². The van der Waals surface area contributed by atoms with E-state index in [4.69, 9.17) is 0 Å². The van der Waals surface area contributed by atoms with Gasteiger partial charge in [-0.3, -0.25) is 9.48 Å². The maximum absolute atomic E-state index is 11.7. The number of aryl methyl sites for hydroxylation is 2. The predicted molar refractivity (Wildman–Crippen MR) is 83.0 cm³/mol. The number of hydrogen-bond acceptors (Lipinski definition) is 3. The minimum atomic E-state index is 0.0381. The van der Waals surface area contributed by atoms with Gasteiger partial charge in [0.15, 0.2) is 0 Å². The van der Waals surface area contributed by atoms with Crippen molar-refractivity contribution in [3.05, 3.63) is 36.0 Å². The molecule has 0 radical (unpaired) electrons. The Hall–Kier alpha value is -1.75. The van der Waals surface area contributed by atoms with Gasteiger partial charge in [-0.1, -0.05) is 6.07 Å². The number of benzene rings is 1. The summed E-state index contributed by atoms with van der Waals surface area (Å²) in [4.78, 5) is 14.3. The number of nitrogens with zero attached hydrogens (tertiary/aromatic N) is 3. The van der Waals surface area contributed by atoms with Crippen molar-refractivity contribution in [1.82, 2.24) is 14.7 Å². The molecule has 2 rings (SSSR count). The third-order valence-electron chi connectivity index (χ3n) is 3.00. The fraction of sp³-hybridized carbons (Fsp3) is 0.333. The van der Waals surface area contributed by atoms with Crippen LogP contribution in [0.4, 0.5) is 4.79 Å². The van der Waals surface area contributed by atoms with Crippen molar-refractivity contribution in [2.45, 2.75) is 25.3 Å². The first kappa shape index (κ1) is 14.7. The zero-order chi connectivity index (χ0) is 14.7. The molecule has 1 amide bonds. The molecule has 1 heterocycles. The Morgan fingerprint density at radius 3 is 2.65 bits per heavy atom. The smallest absolute Gasteiger partial charge is 0.285 e. The number of thioether (sulfide) groups is 1. The maximum atomic E-state index is 11.7. The molecule has 0 aliphatic carbocycles. The molecule has 0 aliphatic heterocycles. The van der Waals surface area contributed by atoms with Crippen molar-refractivity contribution in [1.29, 1.82) is 0 Å². The molecule has 4 nitrogen and oxygen atoms in total. The molecule has 20 heavy (non-hydrogen) atoms. The summed E-state index contributed by atoms with van der Waals surface area (Å²) in [6.07, 6.45) is 1.98. The van der Waals surface area contributed by atoms with Gasteiger partial charge in [0.2, 0.25) is 0 Å². The standard InChI is InChI=1S/C15H19N3OS/c1-5-18-9-8-13(16-18)12-6-7-14(11(2)10-12)20-15(19)17(3)4/h6-10H,5H2,1-4H3. The van der Waals surface area contributed by atoms with Crippen molar-refractivity contribution in [3.63, 3.8) is 0 Å². The van der Waals surface area contributed by atoms with Crippen LogP contribution >= 0.6 is 11.8 Å². The van der Waals surface area contributed by atoms with Crippen LogP contribution in [0, 0.1) is 6.92 Å². The lowest BCUT2D eigenvalue weighted by Gasteiger charge is -2.11. The first-order valence-corrected chi connectivity index (χ1v) is 7.36. The second-order valence-corrected chi connectivity index (χ2v) is 5.79. The molecule has 2 aromatic rings. The molecule has 0 spiro atoms. The van der Waals surface area contributed by atoms with Crippen LogP contribution in [0.1, 0.15) is 12.5 Å². The molecule has 0 bridgehead atoms. The van der Waals surface area contributed by atoms with E-state index in [1.807, 2.05) is 36.0 Å². The second-order valence-electron chi connectivity index (χ2n) is 4.80. The highest BCUT2D eigenvalue weighted by Crippen LogP contribution is 2.28. The van der Waals surface area contributed by atoms with E-state index in [9.17, 15) is 4.79 Å². The van der Waals surface area contributed by atoms with Gasteiger partial charge in [0.05, 0.1) is 5.69 Å². The number of carbonyl (C=O) groups excluding carboxylic acids is 1. The lowest BCUT2D eigenvalue weighted by atomic mass is 10.1. The number of amides is 1. The Morgan fingerprint density at radius 1 is 1.35 bits per heavy atom. The Morgan fingerprint density at radius 2 is 2.10 bits per heavy atom. The molecule has 5 heteroatoms. The van der Waals surface area contributed by atoms with Crippen LogP contribution in [0.3, 0.4) is 0 Å². The van der Waals surface area contributed by atoms with Gasteiger partial charge < -0.3 is 4.90 Å². The molecule has 0 aliphatic rings. The van der Waals surface area contributed by atoms with Gasteiger partial charge in [0, 0.05) is 37.3 Å². The van der Waals surface area contributed by atoms with E-state index in [1.54, 1.807) is 19.0 Å². The third kappa shape index (κ3) is 3.22. The van der Waals surface area contributed by atoms with E-state index in [2.05, 4.69) is 18.1 Å². The van der Waals surface area contributed by atoms with E-state index >= 15 is 0 Å². The largest absolute Gasteiger partial charge is 0.339 e. The Balaban J connectivity index is 2.23. The van der Waals surface area contributed by atoms with Crippen LogP contribution in [0.5, 0.6) is 0 Å². The fourth-order valence-electron chi connectivity index (χ4n) is 1.80. The van der Waals surface area contributed by atoms with E-state index in [1.165, 1.54) is 11.8 Å². The van der Waals surface area contributed by atoms with Gasteiger partial charge in [-0.25, -0.2) is 0 Å². The zero-order valence-electron chi connectivity index (χ0n) is 12.3. The SMILES string of the molecule is CCn1ccc(-c2ccc(SC(=O)N(C)C)c(C)c2)n1. The molecular weight excluding hydrogens is 270 g/mol. The molecule has 1 aromatic heterocycles. The van der Waals surface area contributed by atoms with Crippen LogP contribution in [0.2, 0.25) is 0 Å². The lowest BCUT2D eigenvalue weighted by Crippen LogP contribution is -2.16. The van der Waals surface area contributed by atoms with E-state index in [0.717, 1.165) is 28.3 Å². The van der Waals surface area contributed by atoms with Gasteiger partial charge in [0.1, 0.15) is 0 Å². The Bertz CT molecular complexity index is 619. The highest BCUT2D eigenvalue weighted by Gasteiger charge is 2.10. The fourth-order valence-corrected chi connectivity index (χ4v) is 2.53. The third-order valence-corrected chi connectivity index (χ3v) is 4.22. The normalized spacial score (nSPS) is 10.6. The number of rotatable bonds is 3. The Labute approximate surface area is 123 Å². The summed E-state index contributed by atoms with van der Waals surface area (Å²) in [6.45, 7) is 4.95. The van der Waals surface area contributed by atoms with Gasteiger partial charge in [-0.15, -0.1) is 0 Å². The van der Waals surface area contributed by atoms with Gasteiger partial charge in [-0.05, 0) is 49.4 Å². The van der Waals surface area contributed by atoms with E-state index in [-0.39, 0.29) is 5.24 Å². The summed E-state index contributed by atoms with van der Waals surface area (Å²) in [5.41, 5.74) is 3.13. The molecule has 0 unspecified atom stereocenters. The molecule has 0 N–H and O–H groups in total. The van der Waals surface area contributed by atoms with Gasteiger partial charge in [0.25, 0.3) is 5.24 Å². The number of aromatic nitrogens is 2. The summed E-state index contributed by atoms with van der Waals surface area (Å²) in [6, 6.07) is 8.09. The monoisotopic (exact) mass is 289 g/mol. The first-order valence-electron chi connectivity index (χ1n) is 6.55. The van der Waals surface area contributed by atoms with E-state index in [0.29, 0.717) is 0 Å². The summed E-state index contributed by atoms with van der Waals surface area (Å²) in [5, 5.41) is 4.53. The molecule has 0 fully saturated rings. The molecular formula is C15H19N3OS. The Kier molecular flexibility index (Phi) is 4.49. The molecule has 106 valence electrons. The van der Waals surface area contributed by atoms with Crippen molar-refractivity contribution in [2.24, 2.45) is 0 Å². The highest BCUT2D eigenvalue weighted by molar-refractivity contribution is 8.13. The second kappa shape index (κ2) is 6.13. The average Bonchev–Trinajstić information content (AvgIpc) is 2.89. The topological polar surface area (TPSA) is 38.1 Å². The zero-order valence-corrected chi connectivity index (χ0v) is 13.1. The first-order chi connectivity index (χ1) is 9.51. The number of hydrogen-bond donors (Lipinski definition) is 0. The lowest BCUT2D eigenvalue weighted by molar-refractivity contribution is 0.241. The summed E-state index contributed by atoms with van der Waals surface area (Å²) in [5.74, 6) is 0. The predicted octanol–water partition coefficient (Wildman–Crippen LogP) is 3.65. The highest BCUT2D eigenvalue weighted by atomic mass is 32.2. The van der Waals surface area contributed by atoms with Crippen LogP contribution in [-0.4, -0.2) is 34.0 Å². The van der Waals surface area contributed by atoms with Crippen molar-refractivity contribution in [3.8, 4) is 11.3 Å². The van der Waals surface area contributed by atoms with Crippen molar-refractivity contribution >= 4 is 17.0 Å². The molecule has 1 aromatic carbocycles. The van der Waals surface area contributed by atoms with Crippen molar-refractivity contribution < 1.29 is 4.79 Å². The molecule has 0 saturated carbocycles. The maximum Gasteiger partial charge on any atom is 0.285 e. The summed E-state index contributed by atoms with van der Waals surface area (Å²) in [7, 11) is 3.52. The minimum absolute atomic E-state index is 0.0381. The number of carbonyl (C=O) groups is 1. The molecule has 0 atom stereocenters.